The maximum Gasteiger partial charge on any atom is 0.271 e. The molecule has 0 aliphatic rings. The SMILES string of the molecule is CN(C)CCCNC(=O)c1ccc(NC(C)(C)C)nn1. The molecular weight excluding hydrogens is 254 g/mol. The Morgan fingerprint density at radius 1 is 1.25 bits per heavy atom. The molecule has 6 heteroatoms. The highest BCUT2D eigenvalue weighted by molar-refractivity contribution is 5.92. The number of aromatic nitrogens is 2. The number of amides is 1. The predicted octanol–water partition coefficient (Wildman–Crippen LogP) is 1.37. The van der Waals surface area contributed by atoms with Crippen molar-refractivity contribution in [3.05, 3.63) is 17.8 Å². The smallest absolute Gasteiger partial charge is 0.271 e. The summed E-state index contributed by atoms with van der Waals surface area (Å²) in [6.07, 6.45) is 0.913. The van der Waals surface area contributed by atoms with E-state index in [0.29, 0.717) is 18.1 Å². The first kappa shape index (κ1) is 16.4. The summed E-state index contributed by atoms with van der Waals surface area (Å²) in [5.74, 6) is 0.486. The van der Waals surface area contributed by atoms with Crippen molar-refractivity contribution in [1.82, 2.24) is 20.4 Å². The van der Waals surface area contributed by atoms with Gasteiger partial charge in [0.05, 0.1) is 0 Å². The van der Waals surface area contributed by atoms with Gasteiger partial charge in [0.25, 0.3) is 5.91 Å². The summed E-state index contributed by atoms with van der Waals surface area (Å²) in [6, 6.07) is 3.45. The maximum absolute atomic E-state index is 11.8. The second-order valence-corrected chi connectivity index (χ2v) is 6.09. The fourth-order valence-electron chi connectivity index (χ4n) is 1.59. The largest absolute Gasteiger partial charge is 0.364 e. The molecule has 0 aliphatic heterocycles. The molecule has 6 nitrogen and oxygen atoms in total. The normalized spacial score (nSPS) is 11.5. The van der Waals surface area contributed by atoms with E-state index in [-0.39, 0.29) is 11.4 Å². The molecule has 0 atom stereocenters. The molecule has 1 aromatic heterocycles. The lowest BCUT2D eigenvalue weighted by atomic mass is 10.1. The van der Waals surface area contributed by atoms with Crippen molar-refractivity contribution in [2.24, 2.45) is 0 Å². The summed E-state index contributed by atoms with van der Waals surface area (Å²) < 4.78 is 0. The van der Waals surface area contributed by atoms with Crippen LogP contribution in [0.2, 0.25) is 0 Å². The van der Waals surface area contributed by atoms with Gasteiger partial charge in [-0.1, -0.05) is 0 Å². The molecule has 1 aromatic rings. The maximum atomic E-state index is 11.8. The number of nitrogens with one attached hydrogen (secondary N) is 2. The molecule has 0 radical (unpaired) electrons. The molecule has 1 rings (SSSR count). The van der Waals surface area contributed by atoms with Gasteiger partial charge in [0.1, 0.15) is 5.82 Å². The van der Waals surface area contributed by atoms with Crippen LogP contribution in [-0.2, 0) is 0 Å². The van der Waals surface area contributed by atoms with E-state index in [4.69, 9.17) is 0 Å². The first-order chi connectivity index (χ1) is 9.28. The molecule has 2 N–H and O–H groups in total. The minimum atomic E-state index is -0.182. The van der Waals surface area contributed by atoms with Crippen LogP contribution in [0.1, 0.15) is 37.7 Å². The average molecular weight is 279 g/mol. The number of hydrogen-bond acceptors (Lipinski definition) is 5. The van der Waals surface area contributed by atoms with Gasteiger partial charge in [-0.05, 0) is 60.0 Å². The molecule has 0 saturated heterocycles. The Hall–Kier alpha value is -1.69. The monoisotopic (exact) mass is 279 g/mol. The van der Waals surface area contributed by atoms with Crippen LogP contribution in [0.5, 0.6) is 0 Å². The zero-order valence-corrected chi connectivity index (χ0v) is 13.0. The fraction of sp³-hybridized carbons (Fsp3) is 0.643. The third kappa shape index (κ3) is 6.47. The van der Waals surface area contributed by atoms with E-state index in [1.807, 2.05) is 34.9 Å². The molecule has 0 fully saturated rings. The van der Waals surface area contributed by atoms with Crippen molar-refractivity contribution in [3.63, 3.8) is 0 Å². The summed E-state index contributed by atoms with van der Waals surface area (Å²) >= 11 is 0. The molecule has 112 valence electrons. The molecule has 1 heterocycles. The highest BCUT2D eigenvalue weighted by Gasteiger charge is 2.12. The fourth-order valence-corrected chi connectivity index (χ4v) is 1.59. The minimum absolute atomic E-state index is 0.0787. The van der Waals surface area contributed by atoms with Gasteiger partial charge >= 0.3 is 0 Å². The van der Waals surface area contributed by atoms with Crippen LogP contribution in [0.3, 0.4) is 0 Å². The standard InChI is InChI=1S/C14H25N5O/c1-14(2,3)16-12-8-7-11(17-18-12)13(20)15-9-6-10-19(4)5/h7-8H,6,9-10H2,1-5H3,(H,15,20)(H,16,18). The van der Waals surface area contributed by atoms with Crippen molar-refractivity contribution >= 4 is 11.7 Å². The summed E-state index contributed by atoms with van der Waals surface area (Å²) in [5, 5.41) is 14.0. The Kier molecular flexibility index (Phi) is 5.88. The van der Waals surface area contributed by atoms with Crippen LogP contribution < -0.4 is 10.6 Å². The third-order valence-corrected chi connectivity index (χ3v) is 2.47. The van der Waals surface area contributed by atoms with Gasteiger partial charge in [-0.25, -0.2) is 0 Å². The number of carbonyl (C=O) groups is 1. The van der Waals surface area contributed by atoms with Crippen LogP contribution in [-0.4, -0.2) is 53.7 Å². The summed E-state index contributed by atoms with van der Waals surface area (Å²) in [7, 11) is 4.02. The first-order valence-corrected chi connectivity index (χ1v) is 6.83. The Balaban J connectivity index is 2.45. The van der Waals surface area contributed by atoms with E-state index in [1.165, 1.54) is 0 Å². The van der Waals surface area contributed by atoms with E-state index in [0.717, 1.165) is 13.0 Å². The second kappa shape index (κ2) is 7.19. The van der Waals surface area contributed by atoms with Gasteiger partial charge in [-0.3, -0.25) is 4.79 Å². The topological polar surface area (TPSA) is 70.2 Å². The molecule has 0 aromatic carbocycles. The Morgan fingerprint density at radius 3 is 2.45 bits per heavy atom. The minimum Gasteiger partial charge on any atom is -0.364 e. The number of hydrogen-bond donors (Lipinski definition) is 2. The van der Waals surface area contributed by atoms with E-state index in [9.17, 15) is 4.79 Å². The predicted molar refractivity (Wildman–Crippen MR) is 80.9 cm³/mol. The Bertz CT molecular complexity index is 422. The quantitative estimate of drug-likeness (QED) is 0.770. The van der Waals surface area contributed by atoms with Crippen LogP contribution in [0.25, 0.3) is 0 Å². The van der Waals surface area contributed by atoms with Gasteiger partial charge in [-0.2, -0.15) is 0 Å². The number of rotatable bonds is 6. The molecule has 0 saturated carbocycles. The van der Waals surface area contributed by atoms with E-state index < -0.39 is 0 Å². The summed E-state index contributed by atoms with van der Waals surface area (Å²) in [4.78, 5) is 13.9. The van der Waals surface area contributed by atoms with Crippen molar-refractivity contribution in [2.45, 2.75) is 32.7 Å². The number of carbonyl (C=O) groups excluding carboxylic acids is 1. The number of anilines is 1. The third-order valence-electron chi connectivity index (χ3n) is 2.47. The molecular formula is C14H25N5O. The van der Waals surface area contributed by atoms with E-state index >= 15 is 0 Å². The average Bonchev–Trinajstić information content (AvgIpc) is 2.33. The molecule has 20 heavy (non-hydrogen) atoms. The van der Waals surface area contributed by atoms with E-state index in [2.05, 4.69) is 25.7 Å². The molecule has 0 bridgehead atoms. The van der Waals surface area contributed by atoms with Crippen LogP contribution >= 0.6 is 0 Å². The van der Waals surface area contributed by atoms with Gasteiger partial charge in [0.2, 0.25) is 0 Å². The van der Waals surface area contributed by atoms with Crippen LogP contribution in [0.4, 0.5) is 5.82 Å². The highest BCUT2D eigenvalue weighted by atomic mass is 16.1. The summed E-state index contributed by atoms with van der Waals surface area (Å²) in [5.41, 5.74) is 0.263. The van der Waals surface area contributed by atoms with E-state index in [1.54, 1.807) is 12.1 Å². The molecule has 1 amide bonds. The zero-order chi connectivity index (χ0) is 15.2. The highest BCUT2D eigenvalue weighted by Crippen LogP contribution is 2.10. The first-order valence-electron chi connectivity index (χ1n) is 6.83. The Morgan fingerprint density at radius 2 is 1.95 bits per heavy atom. The lowest BCUT2D eigenvalue weighted by Crippen LogP contribution is -2.29. The Labute approximate surface area is 121 Å². The van der Waals surface area contributed by atoms with Crippen molar-refractivity contribution < 1.29 is 4.79 Å². The molecule has 0 spiro atoms. The zero-order valence-electron chi connectivity index (χ0n) is 13.0. The lowest BCUT2D eigenvalue weighted by molar-refractivity contribution is 0.0946. The van der Waals surface area contributed by atoms with Gasteiger partial charge in [-0.15, -0.1) is 10.2 Å². The van der Waals surface area contributed by atoms with Crippen LogP contribution in [0.15, 0.2) is 12.1 Å². The second-order valence-electron chi connectivity index (χ2n) is 6.09. The van der Waals surface area contributed by atoms with Gasteiger partial charge in [0.15, 0.2) is 5.69 Å². The van der Waals surface area contributed by atoms with Crippen molar-refractivity contribution in [2.75, 3.05) is 32.5 Å². The number of nitrogens with zero attached hydrogens (tertiary/aromatic N) is 3. The van der Waals surface area contributed by atoms with Gasteiger partial charge < -0.3 is 15.5 Å². The van der Waals surface area contributed by atoms with Crippen molar-refractivity contribution in [3.8, 4) is 0 Å². The van der Waals surface area contributed by atoms with Crippen LogP contribution in [0, 0.1) is 0 Å². The molecule has 0 unspecified atom stereocenters. The van der Waals surface area contributed by atoms with Crippen molar-refractivity contribution in [1.29, 1.82) is 0 Å². The lowest BCUT2D eigenvalue weighted by Gasteiger charge is -2.20. The van der Waals surface area contributed by atoms with Gasteiger partial charge in [0, 0.05) is 12.1 Å². The molecule has 0 aliphatic carbocycles. The summed E-state index contributed by atoms with van der Waals surface area (Å²) in [6.45, 7) is 7.71.